The Hall–Kier alpha value is -0.620. The monoisotopic (exact) mass is 318 g/mol. The van der Waals surface area contributed by atoms with E-state index in [1.165, 1.54) is 0 Å². The van der Waals surface area contributed by atoms with Gasteiger partial charge in [-0.15, -0.1) is 0 Å². The first-order valence-electron chi connectivity index (χ1n) is 7.72. The van der Waals surface area contributed by atoms with Gasteiger partial charge in [-0.3, -0.25) is 4.21 Å². The number of carbonyl (C=O) groups is 1. The summed E-state index contributed by atoms with van der Waals surface area (Å²) in [4.78, 5) is 11.7. The molecule has 5 nitrogen and oxygen atoms in total. The summed E-state index contributed by atoms with van der Waals surface area (Å²) >= 11 is 0. The molecule has 0 saturated heterocycles. The van der Waals surface area contributed by atoms with Crippen LogP contribution in [-0.4, -0.2) is 46.0 Å². The van der Waals surface area contributed by atoms with Crippen LogP contribution in [0, 0.1) is 0 Å². The molecule has 0 aromatic carbocycles. The van der Waals surface area contributed by atoms with Gasteiger partial charge in [0.05, 0.1) is 0 Å². The predicted octanol–water partition coefficient (Wildman–Crippen LogP) is 2.18. The van der Waals surface area contributed by atoms with Gasteiger partial charge in [0.2, 0.25) is 0 Å². The highest BCUT2D eigenvalue weighted by atomic mass is 32.2. The number of nitrogens with one attached hydrogen (secondary N) is 2. The van der Waals surface area contributed by atoms with E-state index in [4.69, 9.17) is 4.74 Å². The van der Waals surface area contributed by atoms with Crippen molar-refractivity contribution in [1.82, 2.24) is 10.6 Å². The highest BCUT2D eigenvalue weighted by Gasteiger charge is 2.24. The summed E-state index contributed by atoms with van der Waals surface area (Å²) in [5, 5.41) is 6.60. The van der Waals surface area contributed by atoms with Crippen LogP contribution in [0.5, 0.6) is 0 Å². The lowest BCUT2D eigenvalue weighted by Gasteiger charge is -2.31. The van der Waals surface area contributed by atoms with Crippen LogP contribution < -0.4 is 10.6 Å². The second-order valence-corrected chi connectivity index (χ2v) is 8.71. The predicted molar refractivity (Wildman–Crippen MR) is 86.9 cm³/mol. The molecule has 0 aromatic rings. The first-order chi connectivity index (χ1) is 9.67. The van der Waals surface area contributed by atoms with E-state index in [1.54, 1.807) is 6.26 Å². The molecule has 124 valence electrons. The van der Waals surface area contributed by atoms with Crippen LogP contribution in [0.25, 0.3) is 0 Å². The third-order valence-corrected chi connectivity index (χ3v) is 5.01. The maximum absolute atomic E-state index is 11.7. The molecule has 1 fully saturated rings. The van der Waals surface area contributed by atoms with Crippen molar-refractivity contribution in [2.45, 2.75) is 76.3 Å². The number of rotatable bonds is 5. The summed E-state index contributed by atoms with van der Waals surface area (Å²) in [5.41, 5.74) is -0.450. The van der Waals surface area contributed by atoms with Gasteiger partial charge in [-0.1, -0.05) is 0 Å². The number of hydrogen-bond donors (Lipinski definition) is 2. The van der Waals surface area contributed by atoms with Crippen molar-refractivity contribution in [2.75, 3.05) is 12.8 Å². The third kappa shape index (κ3) is 7.81. The van der Waals surface area contributed by atoms with Gasteiger partial charge in [0.1, 0.15) is 5.60 Å². The molecule has 1 aliphatic rings. The lowest BCUT2D eigenvalue weighted by atomic mass is 9.91. The average molecular weight is 318 g/mol. The lowest BCUT2D eigenvalue weighted by Crippen LogP contribution is -2.45. The molecule has 0 aromatic heterocycles. The molecular formula is C15H30N2O3S. The second kappa shape index (κ2) is 8.13. The van der Waals surface area contributed by atoms with E-state index in [0.717, 1.165) is 32.2 Å². The quantitative estimate of drug-likeness (QED) is 0.815. The summed E-state index contributed by atoms with van der Waals surface area (Å²) in [7, 11) is -0.775. The van der Waals surface area contributed by atoms with E-state index < -0.39 is 16.4 Å². The molecule has 0 aliphatic heterocycles. The molecule has 2 atom stereocenters. The van der Waals surface area contributed by atoms with E-state index >= 15 is 0 Å². The number of amides is 1. The van der Waals surface area contributed by atoms with Crippen molar-refractivity contribution < 1.29 is 13.7 Å². The van der Waals surface area contributed by atoms with Crippen LogP contribution in [0.4, 0.5) is 4.79 Å². The normalized spacial score (nSPS) is 26.0. The molecule has 1 amide bonds. The van der Waals surface area contributed by atoms with E-state index in [0.29, 0.717) is 6.04 Å². The van der Waals surface area contributed by atoms with Crippen molar-refractivity contribution in [3.05, 3.63) is 0 Å². The van der Waals surface area contributed by atoms with Gasteiger partial charge in [0, 0.05) is 40.9 Å². The Morgan fingerprint density at radius 1 is 1.24 bits per heavy atom. The zero-order chi connectivity index (χ0) is 16.0. The van der Waals surface area contributed by atoms with Crippen LogP contribution in [-0.2, 0) is 15.5 Å². The van der Waals surface area contributed by atoms with Crippen LogP contribution >= 0.6 is 0 Å². The maximum Gasteiger partial charge on any atom is 0.407 e. The Bertz CT molecular complexity index is 360. The van der Waals surface area contributed by atoms with Crippen LogP contribution in [0.1, 0.15) is 53.4 Å². The minimum atomic E-state index is -0.775. The zero-order valence-corrected chi connectivity index (χ0v) is 14.7. The Morgan fingerprint density at radius 3 is 2.24 bits per heavy atom. The largest absolute Gasteiger partial charge is 0.444 e. The summed E-state index contributed by atoms with van der Waals surface area (Å²) < 4.78 is 16.6. The van der Waals surface area contributed by atoms with Crippen molar-refractivity contribution in [3.8, 4) is 0 Å². The van der Waals surface area contributed by atoms with E-state index in [9.17, 15) is 9.00 Å². The van der Waals surface area contributed by atoms with Gasteiger partial charge in [-0.25, -0.2) is 4.79 Å². The SMILES string of the molecule is CC(CNC1CCC(NC(=O)OC(C)(C)C)CC1)S(C)=O. The zero-order valence-electron chi connectivity index (χ0n) is 13.9. The summed E-state index contributed by atoms with van der Waals surface area (Å²) in [6.45, 7) is 8.39. The van der Waals surface area contributed by atoms with Crippen molar-refractivity contribution >= 4 is 16.9 Å². The molecule has 21 heavy (non-hydrogen) atoms. The van der Waals surface area contributed by atoms with Gasteiger partial charge < -0.3 is 15.4 Å². The fraction of sp³-hybridized carbons (Fsp3) is 0.933. The van der Waals surface area contributed by atoms with Gasteiger partial charge >= 0.3 is 6.09 Å². The lowest BCUT2D eigenvalue weighted by molar-refractivity contribution is 0.0490. The molecule has 1 saturated carbocycles. The van der Waals surface area contributed by atoms with E-state index in [1.807, 2.05) is 27.7 Å². The van der Waals surface area contributed by atoms with Crippen LogP contribution in [0.2, 0.25) is 0 Å². The fourth-order valence-electron chi connectivity index (χ4n) is 2.37. The van der Waals surface area contributed by atoms with Gasteiger partial charge in [0.15, 0.2) is 0 Å². The maximum atomic E-state index is 11.7. The van der Waals surface area contributed by atoms with Crippen molar-refractivity contribution in [3.63, 3.8) is 0 Å². The smallest absolute Gasteiger partial charge is 0.407 e. The Kier molecular flexibility index (Phi) is 7.13. The van der Waals surface area contributed by atoms with Crippen LogP contribution in [0.15, 0.2) is 0 Å². The first kappa shape index (κ1) is 18.4. The first-order valence-corrected chi connectivity index (χ1v) is 9.34. The number of ether oxygens (including phenoxy) is 1. The third-order valence-electron chi connectivity index (χ3n) is 3.71. The van der Waals surface area contributed by atoms with Crippen molar-refractivity contribution in [2.24, 2.45) is 0 Å². The molecule has 0 bridgehead atoms. The molecule has 0 heterocycles. The number of hydrogen-bond acceptors (Lipinski definition) is 4. The molecule has 2 N–H and O–H groups in total. The standard InChI is InChI=1S/C15H30N2O3S/c1-11(21(5)19)10-16-12-6-8-13(9-7-12)17-14(18)20-15(2,3)4/h11-13,16H,6-10H2,1-5H3,(H,17,18). The molecular weight excluding hydrogens is 288 g/mol. The molecule has 1 aliphatic carbocycles. The van der Waals surface area contributed by atoms with Crippen molar-refractivity contribution in [1.29, 1.82) is 0 Å². The van der Waals surface area contributed by atoms with Gasteiger partial charge in [0.25, 0.3) is 0 Å². The molecule has 2 unspecified atom stereocenters. The molecule has 0 radical (unpaired) electrons. The summed E-state index contributed by atoms with van der Waals surface area (Å²) in [6.07, 6.45) is 5.40. The Labute approximate surface area is 131 Å². The molecule has 0 spiro atoms. The second-order valence-electron chi connectivity index (χ2n) is 6.91. The molecule has 1 rings (SSSR count). The van der Waals surface area contributed by atoms with Gasteiger partial charge in [-0.05, 0) is 53.4 Å². The van der Waals surface area contributed by atoms with Crippen LogP contribution in [0.3, 0.4) is 0 Å². The number of alkyl carbamates (subject to hydrolysis) is 1. The van der Waals surface area contributed by atoms with E-state index in [-0.39, 0.29) is 17.4 Å². The average Bonchev–Trinajstić information content (AvgIpc) is 2.35. The Balaban J connectivity index is 2.23. The summed E-state index contributed by atoms with van der Waals surface area (Å²) in [5.74, 6) is 0. The Morgan fingerprint density at radius 2 is 1.76 bits per heavy atom. The molecule has 6 heteroatoms. The number of carbonyl (C=O) groups excluding carboxylic acids is 1. The minimum absolute atomic E-state index is 0.183. The summed E-state index contributed by atoms with van der Waals surface area (Å²) in [6, 6.07) is 0.670. The fourth-order valence-corrected chi connectivity index (χ4v) is 2.70. The minimum Gasteiger partial charge on any atom is -0.444 e. The van der Waals surface area contributed by atoms with Gasteiger partial charge in [-0.2, -0.15) is 0 Å². The topological polar surface area (TPSA) is 67.4 Å². The highest BCUT2D eigenvalue weighted by molar-refractivity contribution is 7.84. The van der Waals surface area contributed by atoms with E-state index in [2.05, 4.69) is 10.6 Å². The highest BCUT2D eigenvalue weighted by Crippen LogP contribution is 2.19.